The summed E-state index contributed by atoms with van der Waals surface area (Å²) in [4.78, 5) is 22.7. The first-order valence-corrected chi connectivity index (χ1v) is 8.37. The van der Waals surface area contributed by atoms with E-state index in [9.17, 15) is 4.79 Å². The van der Waals surface area contributed by atoms with E-state index in [1.165, 1.54) is 19.3 Å². The number of amides is 1. The number of carbonyl (C=O) groups is 1. The van der Waals surface area contributed by atoms with E-state index < -0.39 is 0 Å². The van der Waals surface area contributed by atoms with Crippen LogP contribution in [-0.4, -0.2) is 35.1 Å². The predicted octanol–water partition coefficient (Wildman–Crippen LogP) is 2.51. The van der Waals surface area contributed by atoms with Crippen LogP contribution in [0.15, 0.2) is 22.9 Å². The molecule has 7 heteroatoms. The van der Waals surface area contributed by atoms with Crippen LogP contribution in [0.25, 0.3) is 0 Å². The molecule has 0 atom stereocenters. The lowest BCUT2D eigenvalue weighted by molar-refractivity contribution is 0.0946. The van der Waals surface area contributed by atoms with E-state index in [1.54, 1.807) is 12.3 Å². The highest BCUT2D eigenvalue weighted by Crippen LogP contribution is 2.30. The molecular weight excluding hydrogens is 306 g/mol. The van der Waals surface area contributed by atoms with Crippen LogP contribution in [0.1, 0.15) is 60.1 Å². The van der Waals surface area contributed by atoms with E-state index in [1.807, 2.05) is 25.1 Å². The number of rotatable bonds is 5. The second kappa shape index (κ2) is 7.42. The zero-order valence-electron chi connectivity index (χ0n) is 14.2. The summed E-state index contributed by atoms with van der Waals surface area (Å²) in [5.41, 5.74) is 0.507. The molecule has 0 saturated heterocycles. The van der Waals surface area contributed by atoms with Gasteiger partial charge >= 0.3 is 0 Å². The van der Waals surface area contributed by atoms with Crippen LogP contribution in [0.2, 0.25) is 0 Å². The monoisotopic (exact) mass is 329 g/mol. The molecule has 0 aliphatic heterocycles. The maximum Gasteiger partial charge on any atom is 0.253 e. The van der Waals surface area contributed by atoms with Gasteiger partial charge in [0.15, 0.2) is 5.82 Å². The van der Waals surface area contributed by atoms with Crippen molar-refractivity contribution < 1.29 is 9.32 Å². The molecule has 0 spiro atoms. The number of pyridine rings is 1. The summed E-state index contributed by atoms with van der Waals surface area (Å²) in [6.45, 7) is 0.230. The third-order valence-electron chi connectivity index (χ3n) is 4.32. The Kier molecular flexibility index (Phi) is 5.08. The maximum absolute atomic E-state index is 12.2. The Morgan fingerprint density at radius 3 is 2.75 bits per heavy atom. The zero-order valence-corrected chi connectivity index (χ0v) is 14.2. The van der Waals surface area contributed by atoms with E-state index in [4.69, 9.17) is 4.52 Å². The minimum Gasteiger partial charge on any atom is -0.363 e. The van der Waals surface area contributed by atoms with Gasteiger partial charge in [-0.05, 0) is 25.0 Å². The van der Waals surface area contributed by atoms with Gasteiger partial charge in [0, 0.05) is 26.2 Å². The second-order valence-corrected chi connectivity index (χ2v) is 6.36. The molecule has 1 fully saturated rings. The van der Waals surface area contributed by atoms with E-state index in [0.29, 0.717) is 17.4 Å². The minimum absolute atomic E-state index is 0.203. The zero-order chi connectivity index (χ0) is 16.9. The smallest absolute Gasteiger partial charge is 0.253 e. The van der Waals surface area contributed by atoms with Gasteiger partial charge in [0.25, 0.3) is 5.91 Å². The Hall–Kier alpha value is -2.44. The average Bonchev–Trinajstić information content (AvgIpc) is 3.09. The van der Waals surface area contributed by atoms with Gasteiger partial charge in [-0.2, -0.15) is 4.98 Å². The van der Waals surface area contributed by atoms with Crippen LogP contribution in [0.3, 0.4) is 0 Å². The topological polar surface area (TPSA) is 84.2 Å². The summed E-state index contributed by atoms with van der Waals surface area (Å²) >= 11 is 0. The van der Waals surface area contributed by atoms with Gasteiger partial charge in [0.05, 0.1) is 12.1 Å². The molecule has 3 rings (SSSR count). The van der Waals surface area contributed by atoms with Gasteiger partial charge in [-0.3, -0.25) is 4.79 Å². The molecule has 2 aromatic rings. The van der Waals surface area contributed by atoms with Crippen molar-refractivity contribution in [3.05, 3.63) is 35.6 Å². The summed E-state index contributed by atoms with van der Waals surface area (Å²) in [6.07, 6.45) is 7.54. The Balaban J connectivity index is 1.55. The van der Waals surface area contributed by atoms with Crippen molar-refractivity contribution in [2.75, 3.05) is 19.0 Å². The Bertz CT molecular complexity index is 675. The summed E-state index contributed by atoms with van der Waals surface area (Å²) in [5.74, 6) is 2.22. The standard InChI is InChI=1S/C17H23N5O2/c1-22(2)14-9-8-13(10-18-14)17(23)19-11-15-20-16(21-24-15)12-6-4-3-5-7-12/h8-10,12H,3-7,11H2,1-2H3,(H,19,23). The van der Waals surface area contributed by atoms with Crippen molar-refractivity contribution in [1.29, 1.82) is 0 Å². The Labute approximate surface area is 141 Å². The summed E-state index contributed by atoms with van der Waals surface area (Å²) in [7, 11) is 3.81. The van der Waals surface area contributed by atoms with Gasteiger partial charge in [-0.1, -0.05) is 24.4 Å². The van der Waals surface area contributed by atoms with Crippen molar-refractivity contribution in [2.45, 2.75) is 44.6 Å². The van der Waals surface area contributed by atoms with Crippen molar-refractivity contribution in [3.8, 4) is 0 Å². The minimum atomic E-state index is -0.203. The van der Waals surface area contributed by atoms with Gasteiger partial charge in [0.1, 0.15) is 5.82 Å². The molecule has 0 unspecified atom stereocenters. The quantitative estimate of drug-likeness (QED) is 0.907. The highest BCUT2D eigenvalue weighted by Gasteiger charge is 2.21. The maximum atomic E-state index is 12.2. The second-order valence-electron chi connectivity index (χ2n) is 6.36. The number of nitrogens with zero attached hydrogens (tertiary/aromatic N) is 4. The molecule has 2 heterocycles. The summed E-state index contributed by atoms with van der Waals surface area (Å²) in [6, 6.07) is 3.56. The molecule has 1 amide bonds. The molecule has 0 aromatic carbocycles. The predicted molar refractivity (Wildman–Crippen MR) is 89.9 cm³/mol. The van der Waals surface area contributed by atoms with Crippen LogP contribution in [0.4, 0.5) is 5.82 Å². The average molecular weight is 329 g/mol. The fourth-order valence-electron chi connectivity index (χ4n) is 2.91. The van der Waals surface area contributed by atoms with E-state index in [-0.39, 0.29) is 12.5 Å². The van der Waals surface area contributed by atoms with Crippen LogP contribution in [-0.2, 0) is 6.54 Å². The molecule has 0 bridgehead atoms. The van der Waals surface area contributed by atoms with E-state index in [2.05, 4.69) is 20.4 Å². The van der Waals surface area contributed by atoms with Crippen molar-refractivity contribution in [1.82, 2.24) is 20.4 Å². The summed E-state index contributed by atoms with van der Waals surface area (Å²) in [5, 5.41) is 6.86. The van der Waals surface area contributed by atoms with Crippen molar-refractivity contribution in [2.24, 2.45) is 0 Å². The molecule has 1 aliphatic carbocycles. The number of nitrogens with one attached hydrogen (secondary N) is 1. The number of aromatic nitrogens is 3. The first-order chi connectivity index (χ1) is 11.6. The number of anilines is 1. The number of hydrogen-bond donors (Lipinski definition) is 1. The largest absolute Gasteiger partial charge is 0.363 e. The SMILES string of the molecule is CN(C)c1ccc(C(=O)NCc2nc(C3CCCCC3)no2)cn1. The molecule has 2 aromatic heterocycles. The van der Waals surface area contributed by atoms with E-state index in [0.717, 1.165) is 24.5 Å². The molecule has 1 saturated carbocycles. The third-order valence-corrected chi connectivity index (χ3v) is 4.32. The number of hydrogen-bond acceptors (Lipinski definition) is 6. The molecule has 128 valence electrons. The molecule has 7 nitrogen and oxygen atoms in total. The fourth-order valence-corrected chi connectivity index (χ4v) is 2.91. The van der Waals surface area contributed by atoms with Gasteiger partial charge in [0.2, 0.25) is 5.89 Å². The molecule has 1 N–H and O–H groups in total. The van der Waals surface area contributed by atoms with E-state index >= 15 is 0 Å². The third kappa shape index (κ3) is 3.90. The molecular formula is C17H23N5O2. The van der Waals surface area contributed by atoms with Crippen LogP contribution >= 0.6 is 0 Å². The lowest BCUT2D eigenvalue weighted by atomic mass is 9.89. The summed E-state index contributed by atoms with van der Waals surface area (Å²) < 4.78 is 5.26. The van der Waals surface area contributed by atoms with Crippen LogP contribution < -0.4 is 10.2 Å². The van der Waals surface area contributed by atoms with Crippen molar-refractivity contribution in [3.63, 3.8) is 0 Å². The first-order valence-electron chi connectivity index (χ1n) is 8.37. The molecule has 24 heavy (non-hydrogen) atoms. The van der Waals surface area contributed by atoms with Crippen LogP contribution in [0.5, 0.6) is 0 Å². The highest BCUT2D eigenvalue weighted by atomic mass is 16.5. The van der Waals surface area contributed by atoms with Crippen LogP contribution in [0, 0.1) is 0 Å². The molecule has 0 radical (unpaired) electrons. The Morgan fingerprint density at radius 1 is 1.29 bits per heavy atom. The van der Waals surface area contributed by atoms with Gasteiger partial charge in [-0.15, -0.1) is 0 Å². The van der Waals surface area contributed by atoms with Gasteiger partial charge in [-0.25, -0.2) is 4.98 Å². The highest BCUT2D eigenvalue weighted by molar-refractivity contribution is 5.93. The first kappa shape index (κ1) is 16.4. The molecule has 1 aliphatic rings. The van der Waals surface area contributed by atoms with Crippen molar-refractivity contribution >= 4 is 11.7 Å². The number of carbonyl (C=O) groups excluding carboxylic acids is 1. The fraction of sp³-hybridized carbons (Fsp3) is 0.529. The Morgan fingerprint density at radius 2 is 2.08 bits per heavy atom. The lowest BCUT2D eigenvalue weighted by Gasteiger charge is -2.17. The van der Waals surface area contributed by atoms with Gasteiger partial charge < -0.3 is 14.7 Å². The normalized spacial score (nSPS) is 15.2. The lowest BCUT2D eigenvalue weighted by Crippen LogP contribution is -2.23.